The molecule has 1 aromatic carbocycles. The Labute approximate surface area is 114 Å². The molecule has 0 unspecified atom stereocenters. The monoisotopic (exact) mass is 287 g/mol. The normalized spacial score (nSPS) is 12.4. The van der Waals surface area contributed by atoms with Gasteiger partial charge < -0.3 is 15.8 Å². The zero-order valence-electron chi connectivity index (χ0n) is 11.6. The number of methoxy groups -OCH3 is 1. The third-order valence-electron chi connectivity index (χ3n) is 2.58. The van der Waals surface area contributed by atoms with E-state index in [4.69, 9.17) is 10.5 Å². The number of nitrogens with one attached hydrogen (secondary N) is 2. The third-order valence-corrected chi connectivity index (χ3v) is 3.99. The molecule has 19 heavy (non-hydrogen) atoms. The Morgan fingerprint density at radius 1 is 1.37 bits per heavy atom. The Balaban J connectivity index is 3.12. The van der Waals surface area contributed by atoms with E-state index in [0.717, 1.165) is 0 Å². The van der Waals surface area contributed by atoms with Crippen molar-refractivity contribution < 1.29 is 13.2 Å². The van der Waals surface area contributed by atoms with Gasteiger partial charge in [-0.2, -0.15) is 0 Å². The van der Waals surface area contributed by atoms with Gasteiger partial charge in [-0.05, 0) is 39.1 Å². The first kappa shape index (κ1) is 15.7. The molecule has 0 amide bonds. The van der Waals surface area contributed by atoms with Gasteiger partial charge in [0.15, 0.2) is 0 Å². The van der Waals surface area contributed by atoms with Crippen LogP contribution < -0.4 is 15.8 Å². The number of hydrogen-bond donors (Lipinski definition) is 3. The van der Waals surface area contributed by atoms with Crippen LogP contribution in [0.2, 0.25) is 0 Å². The van der Waals surface area contributed by atoms with Crippen LogP contribution in [-0.4, -0.2) is 34.7 Å². The van der Waals surface area contributed by atoms with Gasteiger partial charge in [-0.3, -0.25) is 0 Å². The van der Waals surface area contributed by atoms with Gasteiger partial charge >= 0.3 is 0 Å². The first-order chi connectivity index (χ1) is 8.72. The molecule has 0 spiro atoms. The highest BCUT2D eigenvalue weighted by Gasteiger charge is 2.20. The maximum atomic E-state index is 11.8. The van der Waals surface area contributed by atoms with E-state index in [1.165, 1.54) is 19.2 Å². The molecule has 1 rings (SSSR count). The number of anilines is 2. The number of rotatable bonds is 6. The second-order valence-electron chi connectivity index (χ2n) is 4.90. The Morgan fingerprint density at radius 3 is 2.53 bits per heavy atom. The predicted molar refractivity (Wildman–Crippen MR) is 76.7 cm³/mol. The van der Waals surface area contributed by atoms with Crippen molar-refractivity contribution in [3.63, 3.8) is 0 Å². The summed E-state index contributed by atoms with van der Waals surface area (Å²) in [5.41, 5.74) is 6.56. The maximum absolute atomic E-state index is 11.8. The van der Waals surface area contributed by atoms with Crippen LogP contribution in [0, 0.1) is 0 Å². The summed E-state index contributed by atoms with van der Waals surface area (Å²) in [7, 11) is -0.508. The first-order valence-electron chi connectivity index (χ1n) is 5.82. The van der Waals surface area contributed by atoms with Crippen LogP contribution in [0.5, 0.6) is 0 Å². The first-order valence-corrected chi connectivity index (χ1v) is 7.30. The molecule has 6 nitrogen and oxygen atoms in total. The number of nitrogen functional groups attached to an aromatic ring is 1. The van der Waals surface area contributed by atoms with Crippen LogP contribution in [0.3, 0.4) is 0 Å². The molecule has 0 saturated carbocycles. The molecule has 0 fully saturated rings. The van der Waals surface area contributed by atoms with Crippen LogP contribution in [0.4, 0.5) is 11.4 Å². The molecule has 7 heteroatoms. The molecule has 0 atom stereocenters. The molecular weight excluding hydrogens is 266 g/mol. The summed E-state index contributed by atoms with van der Waals surface area (Å²) in [4.78, 5) is 0.167. The molecule has 108 valence electrons. The topological polar surface area (TPSA) is 93.5 Å². The van der Waals surface area contributed by atoms with Crippen molar-refractivity contribution in [1.82, 2.24) is 4.72 Å². The molecule has 0 saturated heterocycles. The largest absolute Gasteiger partial charge is 0.397 e. The molecular formula is C12H21N3O3S. The Kier molecular flexibility index (Phi) is 4.78. The highest BCUT2D eigenvalue weighted by atomic mass is 32.2. The average molecular weight is 287 g/mol. The smallest absolute Gasteiger partial charge is 0.240 e. The lowest BCUT2D eigenvalue weighted by atomic mass is 10.1. The van der Waals surface area contributed by atoms with E-state index < -0.39 is 10.0 Å². The van der Waals surface area contributed by atoms with Crippen LogP contribution in [0.15, 0.2) is 23.1 Å². The van der Waals surface area contributed by atoms with Crippen molar-refractivity contribution in [1.29, 1.82) is 0 Å². The number of sulfonamides is 1. The highest BCUT2D eigenvalue weighted by Crippen LogP contribution is 2.25. The van der Waals surface area contributed by atoms with E-state index in [0.29, 0.717) is 18.0 Å². The number of ether oxygens (including phenoxy) is 1. The summed E-state index contributed by atoms with van der Waals surface area (Å²) in [5, 5.41) is 3.18. The van der Waals surface area contributed by atoms with Crippen LogP contribution >= 0.6 is 0 Å². The molecule has 0 aliphatic carbocycles. The lowest BCUT2D eigenvalue weighted by molar-refractivity contribution is 0.158. The molecule has 0 radical (unpaired) electrons. The van der Waals surface area contributed by atoms with Crippen molar-refractivity contribution >= 4 is 21.4 Å². The SMILES string of the molecule is CNS(=O)(=O)c1ccc(N)c(NC(C)(C)COC)c1. The zero-order valence-corrected chi connectivity index (χ0v) is 12.5. The predicted octanol–water partition coefficient (Wildman–Crippen LogP) is 1.01. The van der Waals surface area contributed by atoms with E-state index >= 15 is 0 Å². The number of benzene rings is 1. The van der Waals surface area contributed by atoms with Crippen molar-refractivity contribution in [2.45, 2.75) is 24.3 Å². The number of hydrogen-bond acceptors (Lipinski definition) is 5. The van der Waals surface area contributed by atoms with Gasteiger partial charge in [-0.15, -0.1) is 0 Å². The molecule has 0 aromatic heterocycles. The van der Waals surface area contributed by atoms with Crippen molar-refractivity contribution in [3.8, 4) is 0 Å². The van der Waals surface area contributed by atoms with E-state index in [2.05, 4.69) is 10.0 Å². The number of nitrogens with two attached hydrogens (primary N) is 1. The van der Waals surface area contributed by atoms with Crippen molar-refractivity contribution in [2.75, 3.05) is 31.8 Å². The van der Waals surface area contributed by atoms with Gasteiger partial charge in [-0.1, -0.05) is 0 Å². The fourth-order valence-corrected chi connectivity index (χ4v) is 2.45. The minimum Gasteiger partial charge on any atom is -0.397 e. The van der Waals surface area contributed by atoms with Crippen LogP contribution in [0.1, 0.15) is 13.8 Å². The zero-order chi connectivity index (χ0) is 14.7. The quantitative estimate of drug-likeness (QED) is 0.679. The van der Waals surface area contributed by atoms with Gasteiger partial charge in [0.05, 0.1) is 28.4 Å². The minimum atomic E-state index is -3.48. The second-order valence-corrected chi connectivity index (χ2v) is 6.79. The third kappa shape index (κ3) is 4.09. The molecule has 0 aliphatic rings. The van der Waals surface area contributed by atoms with Crippen molar-refractivity contribution in [3.05, 3.63) is 18.2 Å². The Morgan fingerprint density at radius 2 is 2.00 bits per heavy atom. The van der Waals surface area contributed by atoms with Gasteiger partial charge in [0.25, 0.3) is 0 Å². The highest BCUT2D eigenvalue weighted by molar-refractivity contribution is 7.89. The van der Waals surface area contributed by atoms with E-state index in [-0.39, 0.29) is 10.4 Å². The molecule has 0 bridgehead atoms. The lowest BCUT2D eigenvalue weighted by Gasteiger charge is -2.27. The van der Waals surface area contributed by atoms with Gasteiger partial charge in [-0.25, -0.2) is 13.1 Å². The van der Waals surface area contributed by atoms with Gasteiger partial charge in [0.2, 0.25) is 10.0 Å². The average Bonchev–Trinajstić information content (AvgIpc) is 2.31. The van der Waals surface area contributed by atoms with E-state index in [1.54, 1.807) is 13.2 Å². The lowest BCUT2D eigenvalue weighted by Crippen LogP contribution is -2.36. The fraction of sp³-hybridized carbons (Fsp3) is 0.500. The molecule has 0 heterocycles. The Bertz CT molecular complexity index is 541. The summed E-state index contributed by atoms with van der Waals surface area (Å²) < 4.78 is 30.9. The fourth-order valence-electron chi connectivity index (χ4n) is 1.69. The van der Waals surface area contributed by atoms with E-state index in [9.17, 15) is 8.42 Å². The van der Waals surface area contributed by atoms with Crippen LogP contribution in [0.25, 0.3) is 0 Å². The Hall–Kier alpha value is -1.31. The van der Waals surface area contributed by atoms with Gasteiger partial charge in [0.1, 0.15) is 0 Å². The second kappa shape index (κ2) is 5.77. The molecule has 1 aromatic rings. The summed E-state index contributed by atoms with van der Waals surface area (Å²) in [6.07, 6.45) is 0. The standard InChI is InChI=1S/C12H21N3O3S/c1-12(2,8-18-4)15-11-7-9(5-6-10(11)13)19(16,17)14-3/h5-7,14-15H,8,13H2,1-4H3. The van der Waals surface area contributed by atoms with Crippen molar-refractivity contribution in [2.24, 2.45) is 0 Å². The summed E-state index contributed by atoms with van der Waals surface area (Å²) in [6.45, 7) is 4.35. The van der Waals surface area contributed by atoms with Gasteiger partial charge in [0, 0.05) is 7.11 Å². The molecule has 4 N–H and O–H groups in total. The maximum Gasteiger partial charge on any atom is 0.240 e. The summed E-state index contributed by atoms with van der Waals surface area (Å²) in [6, 6.07) is 4.55. The summed E-state index contributed by atoms with van der Waals surface area (Å²) >= 11 is 0. The minimum absolute atomic E-state index is 0.167. The summed E-state index contributed by atoms with van der Waals surface area (Å²) in [5.74, 6) is 0. The van der Waals surface area contributed by atoms with Crippen LogP contribution in [-0.2, 0) is 14.8 Å². The van der Waals surface area contributed by atoms with E-state index in [1.807, 2.05) is 13.8 Å². The molecule has 0 aliphatic heterocycles.